The van der Waals surface area contributed by atoms with E-state index in [-0.39, 0.29) is 31.1 Å². The molecule has 0 aliphatic carbocycles. The first-order chi connectivity index (χ1) is 34.0. The first-order valence-electron chi connectivity index (χ1n) is 29.8. The summed E-state index contributed by atoms with van der Waals surface area (Å²) in [4.78, 5) is 38.2. The zero-order valence-corrected chi connectivity index (χ0v) is 45.8. The topological polar surface area (TPSA) is 78.9 Å². The molecule has 69 heavy (non-hydrogen) atoms. The first kappa shape index (κ1) is 66.1. The SMILES string of the molecule is CC/C=C\C/C=C\C/C=C\CCCCCCCCCC(=O)OC(COC(=O)CCCCCCC/C=C\C/C=C\CCCCC)COC(=O)CCCCCCCCCCCCCCCCCCCCC. The van der Waals surface area contributed by atoms with Crippen LogP contribution in [-0.4, -0.2) is 37.2 Å². The molecule has 0 amide bonds. The van der Waals surface area contributed by atoms with Gasteiger partial charge in [0.1, 0.15) is 13.2 Å². The van der Waals surface area contributed by atoms with Crippen molar-refractivity contribution >= 4 is 17.9 Å². The van der Waals surface area contributed by atoms with E-state index in [0.717, 1.165) is 103 Å². The number of hydrogen-bond donors (Lipinski definition) is 0. The predicted octanol–water partition coefficient (Wildman–Crippen LogP) is 20.0. The van der Waals surface area contributed by atoms with Gasteiger partial charge in [-0.3, -0.25) is 14.4 Å². The van der Waals surface area contributed by atoms with Crippen LogP contribution >= 0.6 is 0 Å². The molecule has 0 heterocycles. The van der Waals surface area contributed by atoms with Gasteiger partial charge in [0.25, 0.3) is 0 Å². The van der Waals surface area contributed by atoms with E-state index in [4.69, 9.17) is 14.2 Å². The smallest absolute Gasteiger partial charge is 0.306 e. The van der Waals surface area contributed by atoms with E-state index in [2.05, 4.69) is 81.5 Å². The number of carbonyl (C=O) groups is 3. The quantitative estimate of drug-likeness (QED) is 0.0262. The van der Waals surface area contributed by atoms with Crippen molar-refractivity contribution in [2.45, 2.75) is 309 Å². The van der Waals surface area contributed by atoms with Crippen molar-refractivity contribution in [3.05, 3.63) is 60.8 Å². The highest BCUT2D eigenvalue weighted by molar-refractivity contribution is 5.71. The average Bonchev–Trinajstić information content (AvgIpc) is 3.35. The molecule has 0 bridgehead atoms. The van der Waals surface area contributed by atoms with Gasteiger partial charge in [-0.25, -0.2) is 0 Å². The number of carbonyl (C=O) groups excluding carboxylic acids is 3. The molecular weight excluding hydrogens is 853 g/mol. The molecule has 1 atom stereocenters. The van der Waals surface area contributed by atoms with Crippen LogP contribution in [0.3, 0.4) is 0 Å². The minimum atomic E-state index is -0.784. The summed E-state index contributed by atoms with van der Waals surface area (Å²) in [6.45, 7) is 6.52. The number of allylic oxidation sites excluding steroid dienone is 10. The summed E-state index contributed by atoms with van der Waals surface area (Å²) in [5.41, 5.74) is 0. The fraction of sp³-hybridized carbons (Fsp3) is 0.794. The van der Waals surface area contributed by atoms with Crippen LogP contribution in [0.2, 0.25) is 0 Å². The highest BCUT2D eigenvalue weighted by Crippen LogP contribution is 2.17. The monoisotopic (exact) mass is 965 g/mol. The van der Waals surface area contributed by atoms with Gasteiger partial charge >= 0.3 is 17.9 Å². The molecular formula is C63H112O6. The molecule has 0 spiro atoms. The van der Waals surface area contributed by atoms with Gasteiger partial charge in [-0.05, 0) is 83.5 Å². The standard InChI is InChI=1S/C63H112O6/c1-4-7-10-13-16-19-22-25-28-30-31-33-35-38-41-44-47-50-53-56-62(65)68-59-60(58-67-61(64)55-52-49-46-43-40-37-34-27-24-21-18-15-12-9-6-3)69-63(66)57-54-51-48-45-42-39-36-32-29-26-23-20-17-14-11-8-5-2/h8,11,17-18,20-21,26-27,29,34,60H,4-7,9-10,12-16,19,22-25,28,30-33,35-59H2,1-3H3/b11-8-,20-17-,21-18-,29-26-,34-27-. The number of unbranched alkanes of at least 4 members (excludes halogenated alkanes) is 33. The molecule has 0 rings (SSSR count). The molecule has 0 N–H and O–H groups in total. The van der Waals surface area contributed by atoms with Crippen molar-refractivity contribution in [3.63, 3.8) is 0 Å². The maximum atomic E-state index is 12.9. The summed E-state index contributed by atoms with van der Waals surface area (Å²) in [7, 11) is 0. The van der Waals surface area contributed by atoms with Crippen LogP contribution in [0.1, 0.15) is 303 Å². The fourth-order valence-corrected chi connectivity index (χ4v) is 8.55. The largest absolute Gasteiger partial charge is 0.462 e. The maximum Gasteiger partial charge on any atom is 0.306 e. The molecule has 0 aromatic rings. The Morgan fingerprint density at radius 3 is 0.913 bits per heavy atom. The second-order valence-electron chi connectivity index (χ2n) is 19.9. The molecule has 0 fully saturated rings. The summed E-state index contributed by atoms with van der Waals surface area (Å²) in [6, 6.07) is 0. The highest BCUT2D eigenvalue weighted by atomic mass is 16.6. The van der Waals surface area contributed by atoms with E-state index < -0.39 is 6.10 Å². The Labute approximate surface area is 428 Å². The Morgan fingerprint density at radius 2 is 0.565 bits per heavy atom. The summed E-state index contributed by atoms with van der Waals surface area (Å²) < 4.78 is 16.9. The highest BCUT2D eigenvalue weighted by Gasteiger charge is 2.19. The van der Waals surface area contributed by atoms with Crippen molar-refractivity contribution in [2.24, 2.45) is 0 Å². The van der Waals surface area contributed by atoms with E-state index >= 15 is 0 Å². The Hall–Kier alpha value is -2.89. The second kappa shape index (κ2) is 57.7. The van der Waals surface area contributed by atoms with E-state index in [9.17, 15) is 14.4 Å². The van der Waals surface area contributed by atoms with Gasteiger partial charge in [0, 0.05) is 19.3 Å². The van der Waals surface area contributed by atoms with E-state index in [1.807, 2.05) is 0 Å². The Kier molecular flexibility index (Phi) is 55.3. The lowest BCUT2D eigenvalue weighted by atomic mass is 10.0. The van der Waals surface area contributed by atoms with Crippen molar-refractivity contribution in [2.75, 3.05) is 13.2 Å². The minimum absolute atomic E-state index is 0.0802. The molecule has 0 aromatic carbocycles. The van der Waals surface area contributed by atoms with Gasteiger partial charge in [-0.15, -0.1) is 0 Å². The van der Waals surface area contributed by atoms with Gasteiger partial charge in [0.15, 0.2) is 6.10 Å². The van der Waals surface area contributed by atoms with E-state index in [1.54, 1.807) is 0 Å². The average molecular weight is 966 g/mol. The Bertz CT molecular complexity index is 1250. The van der Waals surface area contributed by atoms with Crippen molar-refractivity contribution < 1.29 is 28.6 Å². The third-order valence-electron chi connectivity index (χ3n) is 13.0. The molecule has 6 nitrogen and oxygen atoms in total. The summed E-state index contributed by atoms with van der Waals surface area (Å²) >= 11 is 0. The third-order valence-corrected chi connectivity index (χ3v) is 13.0. The van der Waals surface area contributed by atoms with Gasteiger partial charge in [0.2, 0.25) is 0 Å². The number of ether oxygens (including phenoxy) is 3. The van der Waals surface area contributed by atoms with Crippen molar-refractivity contribution in [3.8, 4) is 0 Å². The Morgan fingerprint density at radius 1 is 0.304 bits per heavy atom. The van der Waals surface area contributed by atoms with Crippen LogP contribution in [0.5, 0.6) is 0 Å². The lowest BCUT2D eigenvalue weighted by molar-refractivity contribution is -0.167. The van der Waals surface area contributed by atoms with Crippen LogP contribution in [0, 0.1) is 0 Å². The molecule has 0 saturated carbocycles. The molecule has 0 aromatic heterocycles. The molecule has 0 aliphatic rings. The summed E-state index contributed by atoms with van der Waals surface area (Å²) in [5, 5.41) is 0. The normalized spacial score (nSPS) is 12.4. The van der Waals surface area contributed by atoms with Gasteiger partial charge in [-0.1, -0.05) is 261 Å². The van der Waals surface area contributed by atoms with Crippen LogP contribution in [0.15, 0.2) is 60.8 Å². The van der Waals surface area contributed by atoms with Gasteiger partial charge in [0.05, 0.1) is 0 Å². The van der Waals surface area contributed by atoms with Crippen molar-refractivity contribution in [1.29, 1.82) is 0 Å². The van der Waals surface area contributed by atoms with Crippen LogP contribution in [0.4, 0.5) is 0 Å². The van der Waals surface area contributed by atoms with E-state index in [1.165, 1.54) is 161 Å². The molecule has 400 valence electrons. The maximum absolute atomic E-state index is 12.9. The van der Waals surface area contributed by atoms with Gasteiger partial charge in [-0.2, -0.15) is 0 Å². The van der Waals surface area contributed by atoms with Crippen LogP contribution in [0.25, 0.3) is 0 Å². The molecule has 6 heteroatoms. The van der Waals surface area contributed by atoms with Crippen molar-refractivity contribution in [1.82, 2.24) is 0 Å². The zero-order valence-electron chi connectivity index (χ0n) is 45.8. The van der Waals surface area contributed by atoms with Crippen LogP contribution in [-0.2, 0) is 28.6 Å². The fourth-order valence-electron chi connectivity index (χ4n) is 8.55. The minimum Gasteiger partial charge on any atom is -0.462 e. The first-order valence-corrected chi connectivity index (χ1v) is 29.8. The summed E-state index contributed by atoms with van der Waals surface area (Å²) in [6.07, 6.45) is 72.1. The lowest BCUT2D eigenvalue weighted by Crippen LogP contribution is -2.30. The summed E-state index contributed by atoms with van der Waals surface area (Å²) in [5.74, 6) is -0.890. The second-order valence-corrected chi connectivity index (χ2v) is 19.9. The molecule has 0 aliphatic heterocycles. The predicted molar refractivity (Wildman–Crippen MR) is 298 cm³/mol. The molecule has 0 radical (unpaired) electrons. The number of esters is 3. The lowest BCUT2D eigenvalue weighted by Gasteiger charge is -2.18. The third kappa shape index (κ3) is 55.9. The number of hydrogen-bond acceptors (Lipinski definition) is 6. The van der Waals surface area contributed by atoms with E-state index in [0.29, 0.717) is 19.3 Å². The zero-order chi connectivity index (χ0) is 50.0. The molecule has 1 unspecified atom stereocenters. The van der Waals surface area contributed by atoms with Crippen LogP contribution < -0.4 is 0 Å². The Balaban J connectivity index is 4.37. The van der Waals surface area contributed by atoms with Gasteiger partial charge < -0.3 is 14.2 Å². The molecule has 0 saturated heterocycles. The number of rotatable bonds is 54.